The van der Waals surface area contributed by atoms with Crippen molar-refractivity contribution in [1.82, 2.24) is 0 Å². The van der Waals surface area contributed by atoms with Crippen molar-refractivity contribution in [2.24, 2.45) is 11.5 Å². The van der Waals surface area contributed by atoms with Gasteiger partial charge in [0.2, 0.25) is 11.8 Å². The first-order chi connectivity index (χ1) is 7.09. The molecule has 0 aliphatic heterocycles. The van der Waals surface area contributed by atoms with E-state index in [-0.39, 0.29) is 0 Å². The molecule has 15 heavy (non-hydrogen) atoms. The average molecular weight is 220 g/mol. The summed E-state index contributed by atoms with van der Waals surface area (Å²) < 4.78 is 0.911. The summed E-state index contributed by atoms with van der Waals surface area (Å²) in [4.78, 5) is 22.0. The van der Waals surface area contributed by atoms with Crippen LogP contribution in [0.5, 0.6) is 0 Å². The first kappa shape index (κ1) is 9.67. The van der Waals surface area contributed by atoms with Crippen molar-refractivity contribution in [1.29, 1.82) is 0 Å². The molecule has 76 valence electrons. The number of thiophene rings is 1. The number of carbonyl (C=O) groups is 2. The normalized spacial score (nSPS) is 10.4. The Balaban J connectivity index is 2.72. The molecule has 5 heteroatoms. The van der Waals surface area contributed by atoms with Gasteiger partial charge in [0.05, 0.1) is 5.56 Å². The Hall–Kier alpha value is -1.88. The zero-order chi connectivity index (χ0) is 11.0. The zero-order valence-corrected chi connectivity index (χ0v) is 8.51. The van der Waals surface area contributed by atoms with E-state index in [4.69, 9.17) is 11.5 Å². The van der Waals surface area contributed by atoms with Crippen molar-refractivity contribution >= 4 is 33.2 Å². The quantitative estimate of drug-likeness (QED) is 0.793. The van der Waals surface area contributed by atoms with Crippen LogP contribution < -0.4 is 11.5 Å². The van der Waals surface area contributed by atoms with E-state index < -0.39 is 11.8 Å². The van der Waals surface area contributed by atoms with Crippen LogP contribution in [0, 0.1) is 0 Å². The van der Waals surface area contributed by atoms with Crippen molar-refractivity contribution in [2.45, 2.75) is 0 Å². The third-order valence-electron chi connectivity index (χ3n) is 2.12. The molecule has 2 rings (SSSR count). The number of carbonyl (C=O) groups excluding carboxylic acids is 2. The van der Waals surface area contributed by atoms with Crippen LogP contribution in [-0.2, 0) is 0 Å². The van der Waals surface area contributed by atoms with E-state index in [1.54, 1.807) is 23.6 Å². The van der Waals surface area contributed by atoms with Crippen LogP contribution in [0.1, 0.15) is 20.7 Å². The minimum atomic E-state index is -0.515. The van der Waals surface area contributed by atoms with Crippen molar-refractivity contribution < 1.29 is 9.59 Å². The number of hydrogen-bond acceptors (Lipinski definition) is 3. The summed E-state index contributed by atoms with van der Waals surface area (Å²) in [6, 6.07) is 4.98. The number of fused-ring (bicyclic) bond motifs is 1. The molecule has 0 saturated carbocycles. The third kappa shape index (κ3) is 1.57. The van der Waals surface area contributed by atoms with Crippen LogP contribution in [0.25, 0.3) is 10.1 Å². The second-order valence-electron chi connectivity index (χ2n) is 3.09. The van der Waals surface area contributed by atoms with Gasteiger partial charge in [-0.25, -0.2) is 0 Å². The van der Waals surface area contributed by atoms with E-state index in [1.165, 1.54) is 11.3 Å². The van der Waals surface area contributed by atoms with Gasteiger partial charge >= 0.3 is 0 Å². The molecule has 0 saturated heterocycles. The summed E-state index contributed by atoms with van der Waals surface area (Å²) in [5, 5.41) is 2.36. The van der Waals surface area contributed by atoms with Crippen LogP contribution in [0.3, 0.4) is 0 Å². The first-order valence-electron chi connectivity index (χ1n) is 4.20. The molecule has 0 atom stereocenters. The molecule has 2 aromatic rings. The highest BCUT2D eigenvalue weighted by molar-refractivity contribution is 7.17. The molecule has 0 aliphatic rings. The number of primary amides is 2. The molecule has 0 spiro atoms. The SMILES string of the molecule is NC(=O)c1ccc2scc(C(N)=O)c2c1. The maximum absolute atomic E-state index is 11.1. The van der Waals surface area contributed by atoms with Crippen LogP contribution in [-0.4, -0.2) is 11.8 Å². The summed E-state index contributed by atoms with van der Waals surface area (Å²) in [5.74, 6) is -1.01. The van der Waals surface area contributed by atoms with Gasteiger partial charge in [0.25, 0.3) is 0 Å². The lowest BCUT2D eigenvalue weighted by atomic mass is 10.1. The number of benzene rings is 1. The predicted molar refractivity (Wildman–Crippen MR) is 58.9 cm³/mol. The number of rotatable bonds is 2. The maximum Gasteiger partial charge on any atom is 0.250 e. The molecule has 4 nitrogen and oxygen atoms in total. The van der Waals surface area contributed by atoms with Gasteiger partial charge in [0.1, 0.15) is 0 Å². The van der Waals surface area contributed by atoms with Crippen LogP contribution >= 0.6 is 11.3 Å². The van der Waals surface area contributed by atoms with Gasteiger partial charge in [-0.15, -0.1) is 11.3 Å². The standard InChI is InChI=1S/C10H8N2O2S/c11-9(13)5-1-2-8-6(3-5)7(4-15-8)10(12)14/h1-4H,(H2,11,13)(H2,12,14). The summed E-state index contributed by atoms with van der Waals surface area (Å²) >= 11 is 1.41. The van der Waals surface area contributed by atoms with Gasteiger partial charge in [-0.05, 0) is 18.2 Å². The minimum absolute atomic E-state index is 0.378. The maximum atomic E-state index is 11.1. The predicted octanol–water partition coefficient (Wildman–Crippen LogP) is 1.10. The average Bonchev–Trinajstić information content (AvgIpc) is 2.59. The molecule has 1 aromatic carbocycles. The number of nitrogens with two attached hydrogens (primary N) is 2. The lowest BCUT2D eigenvalue weighted by molar-refractivity contribution is 0.0991. The van der Waals surface area contributed by atoms with E-state index in [9.17, 15) is 9.59 Å². The fourth-order valence-electron chi connectivity index (χ4n) is 1.37. The molecule has 0 unspecified atom stereocenters. The summed E-state index contributed by atoms with van der Waals surface area (Å²) in [7, 11) is 0. The summed E-state index contributed by atoms with van der Waals surface area (Å²) in [6.07, 6.45) is 0. The Morgan fingerprint density at radius 3 is 2.47 bits per heavy atom. The molecule has 4 N–H and O–H groups in total. The summed E-state index contributed by atoms with van der Waals surface area (Å²) in [5.41, 5.74) is 11.2. The highest BCUT2D eigenvalue weighted by Crippen LogP contribution is 2.26. The van der Waals surface area contributed by atoms with Crippen molar-refractivity contribution in [3.8, 4) is 0 Å². The van der Waals surface area contributed by atoms with Gasteiger partial charge in [-0.2, -0.15) is 0 Å². The van der Waals surface area contributed by atoms with E-state index >= 15 is 0 Å². The zero-order valence-electron chi connectivity index (χ0n) is 7.69. The second-order valence-corrected chi connectivity index (χ2v) is 4.00. The Bertz CT molecular complexity index is 560. The molecular weight excluding hydrogens is 212 g/mol. The Morgan fingerprint density at radius 2 is 1.87 bits per heavy atom. The number of hydrogen-bond donors (Lipinski definition) is 2. The minimum Gasteiger partial charge on any atom is -0.366 e. The second kappa shape index (κ2) is 3.36. The van der Waals surface area contributed by atoms with E-state index in [1.807, 2.05) is 0 Å². The fraction of sp³-hybridized carbons (Fsp3) is 0. The van der Waals surface area contributed by atoms with Gasteiger partial charge in [0, 0.05) is 21.0 Å². The molecule has 0 radical (unpaired) electrons. The molecule has 0 fully saturated rings. The van der Waals surface area contributed by atoms with E-state index in [0.29, 0.717) is 16.5 Å². The van der Waals surface area contributed by atoms with Crippen molar-refractivity contribution in [2.75, 3.05) is 0 Å². The van der Waals surface area contributed by atoms with Crippen molar-refractivity contribution in [3.05, 3.63) is 34.7 Å². The van der Waals surface area contributed by atoms with Gasteiger partial charge in [-0.1, -0.05) is 0 Å². The van der Waals surface area contributed by atoms with Gasteiger partial charge < -0.3 is 11.5 Å². The first-order valence-corrected chi connectivity index (χ1v) is 5.08. The molecule has 0 bridgehead atoms. The lowest BCUT2D eigenvalue weighted by Gasteiger charge is -1.97. The highest BCUT2D eigenvalue weighted by Gasteiger charge is 2.10. The molecule has 1 aromatic heterocycles. The Labute approximate surface area is 89.5 Å². The van der Waals surface area contributed by atoms with Crippen LogP contribution in [0.15, 0.2) is 23.6 Å². The molecule has 1 heterocycles. The van der Waals surface area contributed by atoms with Crippen molar-refractivity contribution in [3.63, 3.8) is 0 Å². The monoisotopic (exact) mass is 220 g/mol. The largest absolute Gasteiger partial charge is 0.366 e. The van der Waals surface area contributed by atoms with Gasteiger partial charge in [0.15, 0.2) is 0 Å². The molecule has 2 amide bonds. The van der Waals surface area contributed by atoms with E-state index in [2.05, 4.69) is 0 Å². The number of amides is 2. The topological polar surface area (TPSA) is 86.2 Å². The fourth-order valence-corrected chi connectivity index (χ4v) is 2.30. The Kier molecular flexibility index (Phi) is 2.17. The smallest absolute Gasteiger partial charge is 0.250 e. The van der Waals surface area contributed by atoms with E-state index in [0.717, 1.165) is 4.70 Å². The molecular formula is C10H8N2O2S. The van der Waals surface area contributed by atoms with Crippen LogP contribution in [0.2, 0.25) is 0 Å². The van der Waals surface area contributed by atoms with Gasteiger partial charge in [-0.3, -0.25) is 9.59 Å². The third-order valence-corrected chi connectivity index (χ3v) is 3.09. The Morgan fingerprint density at radius 1 is 1.13 bits per heavy atom. The lowest BCUT2D eigenvalue weighted by Crippen LogP contribution is -2.12. The molecule has 0 aliphatic carbocycles. The summed E-state index contributed by atoms with van der Waals surface area (Å²) in [6.45, 7) is 0. The van der Waals surface area contributed by atoms with Crippen LogP contribution in [0.4, 0.5) is 0 Å². The highest BCUT2D eigenvalue weighted by atomic mass is 32.1.